The first-order valence-electron chi connectivity index (χ1n) is 6.88. The van der Waals surface area contributed by atoms with Gasteiger partial charge in [-0.25, -0.2) is 4.98 Å². The Labute approximate surface area is 118 Å². The molecule has 0 bridgehead atoms. The summed E-state index contributed by atoms with van der Waals surface area (Å²) < 4.78 is 0. The van der Waals surface area contributed by atoms with Gasteiger partial charge in [0.2, 0.25) is 0 Å². The van der Waals surface area contributed by atoms with Crippen molar-refractivity contribution in [2.75, 3.05) is 24.6 Å². The minimum atomic E-state index is 0.0919. The maximum absolute atomic E-state index is 9.21. The average molecular weight is 278 g/mol. The van der Waals surface area contributed by atoms with Crippen LogP contribution in [0.5, 0.6) is 0 Å². The molecule has 0 radical (unpaired) electrons. The fourth-order valence-corrected chi connectivity index (χ4v) is 2.74. The average Bonchev–Trinajstić information content (AvgIpc) is 2.46. The Morgan fingerprint density at radius 1 is 1.45 bits per heavy atom. The SMILES string of the molecule is Cc1cc(C)c(C(N)=NO)c(N2CCC(CO)CC2)n1. The molecule has 2 heterocycles. The number of hydrogen-bond donors (Lipinski definition) is 3. The number of nitrogens with zero attached hydrogens (tertiary/aromatic N) is 3. The highest BCUT2D eigenvalue weighted by atomic mass is 16.4. The summed E-state index contributed by atoms with van der Waals surface area (Å²) in [5.74, 6) is 1.23. The van der Waals surface area contributed by atoms with E-state index in [9.17, 15) is 5.11 Å². The highest BCUT2D eigenvalue weighted by molar-refractivity contribution is 6.02. The third kappa shape index (κ3) is 2.85. The summed E-state index contributed by atoms with van der Waals surface area (Å²) in [6.07, 6.45) is 1.86. The van der Waals surface area contributed by atoms with Gasteiger partial charge in [0.25, 0.3) is 0 Å². The summed E-state index contributed by atoms with van der Waals surface area (Å²) in [6, 6.07) is 1.93. The van der Waals surface area contributed by atoms with Gasteiger partial charge in [0.15, 0.2) is 5.84 Å². The van der Waals surface area contributed by atoms with Crippen LogP contribution in [-0.2, 0) is 0 Å². The quantitative estimate of drug-likeness (QED) is 0.332. The van der Waals surface area contributed by atoms with Gasteiger partial charge < -0.3 is 20.9 Å². The summed E-state index contributed by atoms with van der Waals surface area (Å²) in [5.41, 5.74) is 8.36. The van der Waals surface area contributed by atoms with Crippen LogP contribution in [0.1, 0.15) is 29.7 Å². The third-order valence-electron chi connectivity index (χ3n) is 3.86. The number of amidine groups is 1. The van der Waals surface area contributed by atoms with Gasteiger partial charge in [0, 0.05) is 25.4 Å². The third-order valence-corrected chi connectivity index (χ3v) is 3.86. The van der Waals surface area contributed by atoms with E-state index < -0.39 is 0 Å². The molecule has 6 nitrogen and oxygen atoms in total. The fourth-order valence-electron chi connectivity index (χ4n) is 2.74. The molecule has 0 saturated carbocycles. The van der Waals surface area contributed by atoms with Crippen molar-refractivity contribution in [1.29, 1.82) is 0 Å². The number of aliphatic hydroxyl groups is 1. The predicted molar refractivity (Wildman–Crippen MR) is 78.2 cm³/mol. The first-order chi connectivity index (χ1) is 9.56. The lowest BCUT2D eigenvalue weighted by molar-refractivity contribution is 0.202. The Morgan fingerprint density at radius 2 is 2.10 bits per heavy atom. The van der Waals surface area contributed by atoms with Crippen LogP contribution in [0.4, 0.5) is 5.82 Å². The summed E-state index contributed by atoms with van der Waals surface area (Å²) in [4.78, 5) is 6.72. The smallest absolute Gasteiger partial charge is 0.174 e. The van der Waals surface area contributed by atoms with Crippen LogP contribution >= 0.6 is 0 Å². The van der Waals surface area contributed by atoms with E-state index in [1.165, 1.54) is 0 Å². The molecule has 0 amide bonds. The van der Waals surface area contributed by atoms with E-state index in [-0.39, 0.29) is 12.4 Å². The molecule has 110 valence electrons. The molecule has 0 unspecified atom stereocenters. The van der Waals surface area contributed by atoms with Crippen LogP contribution in [0.15, 0.2) is 11.2 Å². The normalized spacial score (nSPS) is 17.6. The van der Waals surface area contributed by atoms with Gasteiger partial charge in [-0.2, -0.15) is 0 Å². The van der Waals surface area contributed by atoms with Gasteiger partial charge in [-0.1, -0.05) is 5.16 Å². The standard InChI is InChI=1S/C14H22N4O2/c1-9-7-10(2)16-14(12(9)13(15)17-20)18-5-3-11(8-19)4-6-18/h7,11,19-20H,3-6,8H2,1-2H3,(H2,15,17). The molecule has 4 N–H and O–H groups in total. The van der Waals surface area contributed by atoms with Crippen molar-refractivity contribution in [2.45, 2.75) is 26.7 Å². The van der Waals surface area contributed by atoms with E-state index in [4.69, 9.17) is 10.9 Å². The topological polar surface area (TPSA) is 95.0 Å². The summed E-state index contributed by atoms with van der Waals surface area (Å²) >= 11 is 0. The summed E-state index contributed by atoms with van der Waals surface area (Å²) in [7, 11) is 0. The lowest BCUT2D eigenvalue weighted by Crippen LogP contribution is -2.37. The van der Waals surface area contributed by atoms with Crippen LogP contribution in [0.3, 0.4) is 0 Å². The van der Waals surface area contributed by atoms with Gasteiger partial charge in [-0.15, -0.1) is 0 Å². The van der Waals surface area contributed by atoms with Crippen molar-refractivity contribution >= 4 is 11.7 Å². The van der Waals surface area contributed by atoms with E-state index in [0.717, 1.165) is 43.0 Å². The van der Waals surface area contributed by atoms with E-state index >= 15 is 0 Å². The minimum Gasteiger partial charge on any atom is -0.409 e. The highest BCUT2D eigenvalue weighted by Gasteiger charge is 2.24. The van der Waals surface area contributed by atoms with Crippen molar-refractivity contribution in [1.82, 2.24) is 4.98 Å². The fraction of sp³-hybridized carbons (Fsp3) is 0.571. The molecule has 0 aliphatic carbocycles. The molecule has 0 atom stereocenters. The molecule has 20 heavy (non-hydrogen) atoms. The first kappa shape index (κ1) is 14.6. The van der Waals surface area contributed by atoms with Crippen LogP contribution in [0, 0.1) is 19.8 Å². The monoisotopic (exact) mass is 278 g/mol. The Morgan fingerprint density at radius 3 is 2.65 bits per heavy atom. The number of oxime groups is 1. The second-order valence-corrected chi connectivity index (χ2v) is 5.38. The van der Waals surface area contributed by atoms with Crippen LogP contribution in [-0.4, -0.2) is 40.8 Å². The minimum absolute atomic E-state index is 0.0919. The number of piperidine rings is 1. The van der Waals surface area contributed by atoms with Gasteiger partial charge >= 0.3 is 0 Å². The highest BCUT2D eigenvalue weighted by Crippen LogP contribution is 2.27. The van der Waals surface area contributed by atoms with Gasteiger partial charge in [0.1, 0.15) is 5.82 Å². The molecular formula is C14H22N4O2. The number of aryl methyl sites for hydroxylation is 2. The molecule has 0 aromatic carbocycles. The molecule has 1 aromatic heterocycles. The van der Waals surface area contributed by atoms with Crippen LogP contribution < -0.4 is 10.6 Å². The Kier molecular flexibility index (Phi) is 4.44. The zero-order valence-corrected chi connectivity index (χ0v) is 12.0. The van der Waals surface area contributed by atoms with E-state index in [2.05, 4.69) is 15.0 Å². The Bertz CT molecular complexity index is 508. The number of nitrogens with two attached hydrogens (primary N) is 1. The van der Waals surface area contributed by atoms with Crippen LogP contribution in [0.2, 0.25) is 0 Å². The number of anilines is 1. The van der Waals surface area contributed by atoms with E-state index in [1.54, 1.807) is 0 Å². The lowest BCUT2D eigenvalue weighted by Gasteiger charge is -2.33. The number of pyridine rings is 1. The van der Waals surface area contributed by atoms with Crippen molar-refractivity contribution < 1.29 is 10.3 Å². The number of rotatable bonds is 3. The van der Waals surface area contributed by atoms with E-state index in [1.807, 2.05) is 19.9 Å². The first-order valence-corrected chi connectivity index (χ1v) is 6.88. The molecule has 1 saturated heterocycles. The molecule has 1 aliphatic heterocycles. The molecule has 1 aliphatic rings. The molecule has 0 spiro atoms. The van der Waals surface area contributed by atoms with Crippen LogP contribution in [0.25, 0.3) is 0 Å². The Balaban J connectivity index is 2.36. The summed E-state index contributed by atoms with van der Waals surface area (Å²) in [6.45, 7) is 5.76. The zero-order chi connectivity index (χ0) is 14.7. The van der Waals surface area contributed by atoms with Crippen molar-refractivity contribution in [3.8, 4) is 0 Å². The Hall–Kier alpha value is -1.82. The van der Waals surface area contributed by atoms with Crippen molar-refractivity contribution in [3.63, 3.8) is 0 Å². The number of hydrogen-bond acceptors (Lipinski definition) is 5. The predicted octanol–water partition coefficient (Wildman–Crippen LogP) is 1.00. The second kappa shape index (κ2) is 6.09. The largest absolute Gasteiger partial charge is 0.409 e. The number of aromatic nitrogens is 1. The van der Waals surface area contributed by atoms with Gasteiger partial charge in [-0.3, -0.25) is 0 Å². The number of aliphatic hydroxyl groups excluding tert-OH is 1. The summed E-state index contributed by atoms with van der Waals surface area (Å²) in [5, 5.41) is 21.3. The van der Waals surface area contributed by atoms with Crippen molar-refractivity contribution in [2.24, 2.45) is 16.8 Å². The van der Waals surface area contributed by atoms with Crippen molar-refractivity contribution in [3.05, 3.63) is 22.9 Å². The zero-order valence-electron chi connectivity index (χ0n) is 12.0. The van der Waals surface area contributed by atoms with Gasteiger partial charge in [0.05, 0.1) is 5.56 Å². The van der Waals surface area contributed by atoms with Gasteiger partial charge in [-0.05, 0) is 44.2 Å². The lowest BCUT2D eigenvalue weighted by atomic mass is 9.97. The molecule has 6 heteroatoms. The maximum atomic E-state index is 9.21. The maximum Gasteiger partial charge on any atom is 0.174 e. The molecule has 2 rings (SSSR count). The van der Waals surface area contributed by atoms with E-state index in [0.29, 0.717) is 11.5 Å². The molecular weight excluding hydrogens is 256 g/mol. The molecule has 1 fully saturated rings. The molecule has 1 aromatic rings. The second-order valence-electron chi connectivity index (χ2n) is 5.38.